The monoisotopic (exact) mass is 453 g/mol. The molecule has 0 saturated carbocycles. The summed E-state index contributed by atoms with van der Waals surface area (Å²) in [5, 5.41) is 9.42. The minimum atomic E-state index is -0.155. The zero-order valence-electron chi connectivity index (χ0n) is 21.9. The zero-order chi connectivity index (χ0) is 23.5. The lowest BCUT2D eigenvalue weighted by molar-refractivity contribution is -0.118. The highest BCUT2D eigenvalue weighted by atomic mass is 16.3. The molecule has 0 heterocycles. The first-order valence-electron chi connectivity index (χ1n) is 14.6. The van der Waals surface area contributed by atoms with E-state index in [1.807, 2.05) is 0 Å². The molecular formula is C29H59NO2. The van der Waals surface area contributed by atoms with Crippen LogP contribution >= 0.6 is 0 Å². The standard InChI is InChI=1S/C29H59NO2/c1-2-3-24-28(27-31)25-22-20-18-16-14-12-10-8-6-4-5-7-9-11-13-15-17-19-21-23-26-29(30)32/h28,31H,2-27H2,1H3,(H2,30,32). The molecule has 0 bridgehead atoms. The van der Waals surface area contributed by atoms with Crippen LogP contribution in [0.25, 0.3) is 0 Å². The second-order valence-corrected chi connectivity index (χ2v) is 10.3. The first-order valence-corrected chi connectivity index (χ1v) is 14.6. The molecule has 3 nitrogen and oxygen atoms in total. The molecule has 0 aliphatic rings. The van der Waals surface area contributed by atoms with Gasteiger partial charge in [0.2, 0.25) is 5.91 Å². The van der Waals surface area contributed by atoms with E-state index in [0.717, 1.165) is 12.8 Å². The van der Waals surface area contributed by atoms with Gasteiger partial charge in [0, 0.05) is 13.0 Å². The first-order chi connectivity index (χ1) is 15.7. The SMILES string of the molecule is CCCCC(CO)CCCCCCCCCCCCCCCCCCCCCCC(N)=O. The first kappa shape index (κ1) is 31.4. The Morgan fingerprint density at radius 2 is 0.875 bits per heavy atom. The highest BCUT2D eigenvalue weighted by Crippen LogP contribution is 2.18. The number of amides is 1. The number of aliphatic hydroxyl groups excluding tert-OH is 1. The Labute approximate surface area is 201 Å². The Morgan fingerprint density at radius 1 is 0.562 bits per heavy atom. The van der Waals surface area contributed by atoms with Crippen LogP contribution in [-0.4, -0.2) is 17.6 Å². The molecule has 0 radical (unpaired) electrons. The van der Waals surface area contributed by atoms with Gasteiger partial charge in [-0.15, -0.1) is 0 Å². The molecule has 3 N–H and O–H groups in total. The molecule has 1 atom stereocenters. The molecule has 192 valence electrons. The topological polar surface area (TPSA) is 63.3 Å². The van der Waals surface area contributed by atoms with Crippen molar-refractivity contribution in [3.05, 3.63) is 0 Å². The lowest BCUT2D eigenvalue weighted by atomic mass is 9.96. The fraction of sp³-hybridized carbons (Fsp3) is 0.966. The molecule has 0 aliphatic heterocycles. The van der Waals surface area contributed by atoms with E-state index in [9.17, 15) is 9.90 Å². The van der Waals surface area contributed by atoms with Crippen LogP contribution < -0.4 is 5.73 Å². The quantitative estimate of drug-likeness (QED) is 0.122. The number of primary amides is 1. The normalized spacial score (nSPS) is 12.3. The Morgan fingerprint density at radius 3 is 1.19 bits per heavy atom. The molecule has 0 aromatic heterocycles. The van der Waals surface area contributed by atoms with E-state index >= 15 is 0 Å². The number of nitrogens with two attached hydrogens (primary N) is 1. The fourth-order valence-electron chi connectivity index (χ4n) is 4.73. The van der Waals surface area contributed by atoms with Gasteiger partial charge in [0.25, 0.3) is 0 Å². The van der Waals surface area contributed by atoms with Gasteiger partial charge in [0.15, 0.2) is 0 Å². The predicted octanol–water partition coefficient (Wildman–Crippen LogP) is 8.85. The van der Waals surface area contributed by atoms with Crippen molar-refractivity contribution >= 4 is 5.91 Å². The highest BCUT2D eigenvalue weighted by Gasteiger charge is 2.06. The molecule has 0 aliphatic carbocycles. The van der Waals surface area contributed by atoms with Gasteiger partial charge in [0.1, 0.15) is 0 Å². The van der Waals surface area contributed by atoms with E-state index in [2.05, 4.69) is 6.92 Å². The molecule has 1 unspecified atom stereocenters. The maximum atomic E-state index is 10.7. The number of hydrogen-bond donors (Lipinski definition) is 2. The van der Waals surface area contributed by atoms with Crippen LogP contribution in [-0.2, 0) is 4.79 Å². The van der Waals surface area contributed by atoms with Gasteiger partial charge in [-0.1, -0.05) is 142 Å². The summed E-state index contributed by atoms with van der Waals surface area (Å²) in [5.74, 6) is 0.407. The third-order valence-electron chi connectivity index (χ3n) is 7.01. The minimum absolute atomic E-state index is 0.155. The fourth-order valence-corrected chi connectivity index (χ4v) is 4.73. The summed E-state index contributed by atoms with van der Waals surface area (Å²) in [5.41, 5.74) is 5.15. The average Bonchev–Trinajstić information content (AvgIpc) is 2.79. The summed E-state index contributed by atoms with van der Waals surface area (Å²) in [6.45, 7) is 2.63. The van der Waals surface area contributed by atoms with Crippen molar-refractivity contribution in [2.24, 2.45) is 11.7 Å². The number of aliphatic hydroxyl groups is 1. The smallest absolute Gasteiger partial charge is 0.217 e. The second kappa shape index (κ2) is 26.7. The zero-order valence-corrected chi connectivity index (χ0v) is 21.9. The maximum absolute atomic E-state index is 10.7. The van der Waals surface area contributed by atoms with Crippen molar-refractivity contribution in [2.75, 3.05) is 6.61 Å². The van der Waals surface area contributed by atoms with Gasteiger partial charge in [-0.25, -0.2) is 0 Å². The molecule has 1 amide bonds. The summed E-state index contributed by atoms with van der Waals surface area (Å²) < 4.78 is 0. The van der Waals surface area contributed by atoms with Gasteiger partial charge >= 0.3 is 0 Å². The van der Waals surface area contributed by atoms with Gasteiger partial charge in [0.05, 0.1) is 0 Å². The number of rotatable bonds is 27. The molecule has 0 saturated heterocycles. The van der Waals surface area contributed by atoms with E-state index in [-0.39, 0.29) is 5.91 Å². The summed E-state index contributed by atoms with van der Waals surface area (Å²) in [6, 6.07) is 0. The number of carbonyl (C=O) groups excluding carboxylic acids is 1. The molecule has 0 rings (SSSR count). The molecule has 0 aromatic rings. The van der Waals surface area contributed by atoms with E-state index in [1.165, 1.54) is 141 Å². The molecule has 32 heavy (non-hydrogen) atoms. The van der Waals surface area contributed by atoms with Crippen LogP contribution in [0.1, 0.15) is 167 Å². The summed E-state index contributed by atoms with van der Waals surface area (Å²) in [6.07, 6.45) is 32.7. The van der Waals surface area contributed by atoms with Crippen LogP contribution in [0.4, 0.5) is 0 Å². The van der Waals surface area contributed by atoms with Crippen molar-refractivity contribution in [1.29, 1.82) is 0 Å². The van der Waals surface area contributed by atoms with E-state index in [1.54, 1.807) is 0 Å². The van der Waals surface area contributed by atoms with Crippen LogP contribution in [0.3, 0.4) is 0 Å². The molecular weight excluding hydrogens is 394 g/mol. The minimum Gasteiger partial charge on any atom is -0.396 e. The van der Waals surface area contributed by atoms with Crippen molar-refractivity contribution in [3.8, 4) is 0 Å². The van der Waals surface area contributed by atoms with E-state index in [4.69, 9.17) is 5.73 Å². The number of carbonyl (C=O) groups is 1. The van der Waals surface area contributed by atoms with Gasteiger partial charge < -0.3 is 10.8 Å². The van der Waals surface area contributed by atoms with Crippen molar-refractivity contribution < 1.29 is 9.90 Å². The molecule has 0 aromatic carbocycles. The lowest BCUT2D eigenvalue weighted by Crippen LogP contribution is -2.09. The number of unbranched alkanes of at least 4 members (excludes halogenated alkanes) is 20. The molecule has 3 heteroatoms. The van der Waals surface area contributed by atoms with Gasteiger partial charge in [-0.3, -0.25) is 4.79 Å². The second-order valence-electron chi connectivity index (χ2n) is 10.3. The Hall–Kier alpha value is -0.570. The van der Waals surface area contributed by atoms with Crippen LogP contribution in [0.2, 0.25) is 0 Å². The molecule has 0 spiro atoms. The average molecular weight is 454 g/mol. The van der Waals surface area contributed by atoms with Crippen molar-refractivity contribution in [2.45, 2.75) is 167 Å². The third-order valence-corrected chi connectivity index (χ3v) is 7.01. The summed E-state index contributed by atoms with van der Waals surface area (Å²) in [4.78, 5) is 10.7. The maximum Gasteiger partial charge on any atom is 0.217 e. The Balaban J connectivity index is 3.11. The number of hydrogen-bond acceptors (Lipinski definition) is 2. The van der Waals surface area contributed by atoms with E-state index < -0.39 is 0 Å². The van der Waals surface area contributed by atoms with Gasteiger partial charge in [-0.05, 0) is 25.2 Å². The van der Waals surface area contributed by atoms with Crippen molar-refractivity contribution in [3.63, 3.8) is 0 Å². The summed E-state index contributed by atoms with van der Waals surface area (Å²) in [7, 11) is 0. The highest BCUT2D eigenvalue weighted by molar-refractivity contribution is 5.73. The van der Waals surface area contributed by atoms with Crippen molar-refractivity contribution in [1.82, 2.24) is 0 Å². The Kier molecular flexibility index (Phi) is 26.2. The third kappa shape index (κ3) is 25.7. The van der Waals surface area contributed by atoms with E-state index in [0.29, 0.717) is 18.9 Å². The largest absolute Gasteiger partial charge is 0.396 e. The molecule has 0 fully saturated rings. The van der Waals surface area contributed by atoms with Crippen LogP contribution in [0, 0.1) is 5.92 Å². The lowest BCUT2D eigenvalue weighted by Gasteiger charge is -2.13. The van der Waals surface area contributed by atoms with Gasteiger partial charge in [-0.2, -0.15) is 0 Å². The Bertz CT molecular complexity index is 372. The predicted molar refractivity (Wildman–Crippen MR) is 141 cm³/mol. The summed E-state index contributed by atoms with van der Waals surface area (Å²) >= 11 is 0. The van der Waals surface area contributed by atoms with Crippen LogP contribution in [0.5, 0.6) is 0 Å². The van der Waals surface area contributed by atoms with Crippen LogP contribution in [0.15, 0.2) is 0 Å².